The van der Waals surface area contributed by atoms with Gasteiger partial charge >= 0.3 is 14.0 Å². The molecule has 0 aromatic heterocycles. The van der Waals surface area contributed by atoms with Crippen LogP contribution in [-0.2, 0) is 4.57 Å². The van der Waals surface area contributed by atoms with Crippen molar-refractivity contribution in [2.24, 2.45) is 0 Å². The summed E-state index contributed by atoms with van der Waals surface area (Å²) in [6, 6.07) is 6.93. The summed E-state index contributed by atoms with van der Waals surface area (Å²) in [7, 11) is -2.38. The normalized spacial score (nSPS) is 18.4. The largest absolute Gasteiger partial charge is 0.432 e. The number of rotatable bonds is 3. The molecule has 1 unspecified atom stereocenters. The molecule has 0 spiro atoms. The van der Waals surface area contributed by atoms with E-state index in [1.807, 2.05) is 12.1 Å². The zero-order valence-electron chi connectivity index (χ0n) is 10.6. The van der Waals surface area contributed by atoms with Crippen molar-refractivity contribution >= 4 is 13.1 Å². The van der Waals surface area contributed by atoms with E-state index >= 15 is 0 Å². The summed E-state index contributed by atoms with van der Waals surface area (Å²) < 4.78 is 49.1. The van der Waals surface area contributed by atoms with Crippen LogP contribution in [0.4, 0.5) is 13.2 Å². The lowest BCUT2D eigenvalue weighted by atomic mass is 9.84. The molecule has 0 saturated heterocycles. The van der Waals surface area contributed by atoms with Gasteiger partial charge in [0.25, 0.3) is 0 Å². The van der Waals surface area contributed by atoms with Crippen LogP contribution in [0, 0.1) is 0 Å². The number of hydrogen-bond acceptors (Lipinski definition) is 1. The first-order valence-corrected chi connectivity index (χ1v) is 8.02. The van der Waals surface area contributed by atoms with Gasteiger partial charge in [-0.1, -0.05) is 42.0 Å². The maximum atomic E-state index is 12.4. The number of benzene rings is 1. The molecule has 1 atom stereocenters. The third kappa shape index (κ3) is 4.04. The Morgan fingerprint density at radius 3 is 2.37 bits per heavy atom. The fraction of sp³-hybridized carbons (Fsp3) is 0.571. The van der Waals surface area contributed by atoms with E-state index in [-0.39, 0.29) is 5.92 Å². The van der Waals surface area contributed by atoms with Crippen LogP contribution in [0.5, 0.6) is 0 Å². The summed E-state index contributed by atoms with van der Waals surface area (Å²) in [4.78, 5) is 0. The van der Waals surface area contributed by atoms with Crippen LogP contribution < -0.4 is 5.30 Å². The van der Waals surface area contributed by atoms with Crippen LogP contribution in [-0.4, -0.2) is 12.3 Å². The Kier molecular flexibility index (Phi) is 4.62. The predicted octanol–water partition coefficient (Wildman–Crippen LogP) is 4.75. The number of alkyl halides is 3. The lowest BCUT2D eigenvalue weighted by molar-refractivity contribution is -0.106. The first-order valence-electron chi connectivity index (χ1n) is 6.58. The molecule has 1 aromatic rings. The number of hydrogen-bond donors (Lipinski definition) is 0. The van der Waals surface area contributed by atoms with Crippen LogP contribution in [0.2, 0.25) is 0 Å². The van der Waals surface area contributed by atoms with Crippen molar-refractivity contribution in [1.82, 2.24) is 0 Å². The molecule has 0 radical (unpaired) electrons. The average Bonchev–Trinajstić information content (AvgIpc) is 2.38. The van der Waals surface area contributed by atoms with E-state index in [1.165, 1.54) is 6.42 Å². The molecule has 1 aliphatic carbocycles. The van der Waals surface area contributed by atoms with Gasteiger partial charge < -0.3 is 0 Å². The molecule has 104 valence electrons. The van der Waals surface area contributed by atoms with Crippen LogP contribution in [0.1, 0.15) is 43.6 Å². The van der Waals surface area contributed by atoms with Crippen molar-refractivity contribution < 1.29 is 17.7 Å². The molecular formula is C14H17F3OP+. The van der Waals surface area contributed by atoms with Gasteiger partial charge in [0.2, 0.25) is 6.16 Å². The van der Waals surface area contributed by atoms with E-state index in [0.717, 1.165) is 31.2 Å². The lowest BCUT2D eigenvalue weighted by Crippen LogP contribution is -2.18. The van der Waals surface area contributed by atoms with Crippen LogP contribution >= 0.6 is 7.80 Å². The van der Waals surface area contributed by atoms with Crippen molar-refractivity contribution in [2.45, 2.75) is 44.2 Å². The molecular weight excluding hydrogens is 272 g/mol. The highest BCUT2D eigenvalue weighted by Crippen LogP contribution is 2.37. The highest BCUT2D eigenvalue weighted by atomic mass is 31.1. The Morgan fingerprint density at radius 1 is 1.11 bits per heavy atom. The second-order valence-corrected chi connectivity index (χ2v) is 6.60. The molecule has 1 nitrogen and oxygen atoms in total. The fourth-order valence-electron chi connectivity index (χ4n) is 2.72. The van der Waals surface area contributed by atoms with Crippen molar-refractivity contribution in [1.29, 1.82) is 0 Å². The van der Waals surface area contributed by atoms with E-state index in [2.05, 4.69) is 0 Å². The summed E-state index contributed by atoms with van der Waals surface area (Å²) in [6.45, 7) is 0. The zero-order valence-corrected chi connectivity index (χ0v) is 11.5. The first kappa shape index (κ1) is 14.5. The standard InChI is InChI=1S/C14H17F3OP/c15-14(16,17)10-19(18)13-9-5-4-8-12(13)11-6-2-1-3-7-11/h4-5,8-9,11H,1-3,6-7,10H2/q+1. The van der Waals surface area contributed by atoms with E-state index in [4.69, 9.17) is 0 Å². The summed E-state index contributed by atoms with van der Waals surface area (Å²) in [5.74, 6) is 0.275. The molecule has 1 saturated carbocycles. The van der Waals surface area contributed by atoms with Crippen molar-refractivity contribution in [3.05, 3.63) is 29.8 Å². The second kappa shape index (κ2) is 6.04. The van der Waals surface area contributed by atoms with Crippen molar-refractivity contribution in [3.63, 3.8) is 0 Å². The highest BCUT2D eigenvalue weighted by molar-refractivity contribution is 7.53. The minimum atomic E-state index is -4.37. The van der Waals surface area contributed by atoms with Gasteiger partial charge in [-0.05, 0) is 24.8 Å². The molecule has 0 amide bonds. The summed E-state index contributed by atoms with van der Waals surface area (Å²) in [6.07, 6.45) is -0.199. The Labute approximate surface area is 112 Å². The van der Waals surface area contributed by atoms with Crippen LogP contribution in [0.3, 0.4) is 0 Å². The van der Waals surface area contributed by atoms with E-state index in [0.29, 0.717) is 5.30 Å². The minimum Gasteiger partial charge on any atom is -0.166 e. The predicted molar refractivity (Wildman–Crippen MR) is 70.4 cm³/mol. The molecule has 0 heterocycles. The summed E-state index contributed by atoms with van der Waals surface area (Å²) in [5.41, 5.74) is 0.868. The van der Waals surface area contributed by atoms with Gasteiger partial charge in [0.1, 0.15) is 0 Å². The fourth-order valence-corrected chi connectivity index (χ4v) is 4.01. The molecule has 0 aliphatic heterocycles. The minimum absolute atomic E-state index is 0.275. The molecule has 2 rings (SSSR count). The van der Waals surface area contributed by atoms with Gasteiger partial charge in [-0.15, -0.1) is 0 Å². The quantitative estimate of drug-likeness (QED) is 0.734. The van der Waals surface area contributed by atoms with Gasteiger partial charge in [0.05, 0.1) is 0 Å². The molecule has 0 N–H and O–H groups in total. The Morgan fingerprint density at radius 2 is 1.74 bits per heavy atom. The lowest BCUT2D eigenvalue weighted by Gasteiger charge is -2.21. The average molecular weight is 289 g/mol. The third-order valence-corrected chi connectivity index (χ3v) is 5.16. The van der Waals surface area contributed by atoms with Gasteiger partial charge in [-0.2, -0.15) is 13.2 Å². The SMILES string of the molecule is O=[P+](CC(F)(F)F)c1ccccc1C1CCCCC1. The second-order valence-electron chi connectivity index (χ2n) is 5.05. The monoisotopic (exact) mass is 289 g/mol. The maximum Gasteiger partial charge on any atom is 0.432 e. The van der Waals surface area contributed by atoms with E-state index in [9.17, 15) is 17.7 Å². The van der Waals surface area contributed by atoms with Crippen molar-refractivity contribution in [3.8, 4) is 0 Å². The Hall–Kier alpha value is -0.890. The maximum absolute atomic E-state index is 12.4. The van der Waals surface area contributed by atoms with Gasteiger partial charge in [0.15, 0.2) is 5.30 Å². The van der Waals surface area contributed by atoms with E-state index in [1.54, 1.807) is 12.1 Å². The van der Waals surface area contributed by atoms with Gasteiger partial charge in [-0.3, -0.25) is 0 Å². The Bertz CT molecular complexity index is 450. The topological polar surface area (TPSA) is 17.1 Å². The number of halogens is 3. The summed E-state index contributed by atoms with van der Waals surface area (Å²) >= 11 is 0. The highest BCUT2D eigenvalue weighted by Gasteiger charge is 2.41. The third-order valence-electron chi connectivity index (χ3n) is 3.57. The molecule has 1 aliphatic rings. The molecule has 5 heteroatoms. The molecule has 19 heavy (non-hydrogen) atoms. The summed E-state index contributed by atoms with van der Waals surface area (Å²) in [5, 5.41) is 0.404. The smallest absolute Gasteiger partial charge is 0.166 e. The van der Waals surface area contributed by atoms with Gasteiger partial charge in [0, 0.05) is 5.56 Å². The van der Waals surface area contributed by atoms with Gasteiger partial charge in [-0.25, -0.2) is 0 Å². The van der Waals surface area contributed by atoms with Crippen LogP contribution in [0.15, 0.2) is 24.3 Å². The zero-order chi connectivity index (χ0) is 13.9. The van der Waals surface area contributed by atoms with E-state index < -0.39 is 20.1 Å². The molecule has 1 aromatic carbocycles. The first-order chi connectivity index (χ1) is 8.97. The Balaban J connectivity index is 2.22. The molecule has 0 bridgehead atoms. The van der Waals surface area contributed by atoms with Crippen molar-refractivity contribution in [2.75, 3.05) is 6.16 Å². The van der Waals surface area contributed by atoms with Crippen LogP contribution in [0.25, 0.3) is 0 Å². The molecule has 1 fully saturated rings.